The summed E-state index contributed by atoms with van der Waals surface area (Å²) >= 11 is 0. The first kappa shape index (κ1) is 14.6. The molecule has 1 heterocycles. The van der Waals surface area contributed by atoms with E-state index < -0.39 is 0 Å². The fraction of sp³-hybridized carbons (Fsp3) is 0.571. The lowest BCUT2D eigenvalue weighted by atomic mass is 10.2. The van der Waals surface area contributed by atoms with Gasteiger partial charge in [0.05, 0.1) is 6.61 Å². The van der Waals surface area contributed by atoms with Crippen LogP contribution in [0.3, 0.4) is 0 Å². The van der Waals surface area contributed by atoms with Gasteiger partial charge in [-0.2, -0.15) is 0 Å². The number of nitrogen functional groups attached to an aromatic ring is 1. The molecule has 0 amide bonds. The lowest BCUT2D eigenvalue weighted by Gasteiger charge is -2.05. The van der Waals surface area contributed by atoms with E-state index in [1.54, 1.807) is 12.3 Å². The second-order valence-electron chi connectivity index (χ2n) is 4.43. The van der Waals surface area contributed by atoms with Crippen molar-refractivity contribution >= 4 is 5.84 Å². The number of pyridine rings is 1. The minimum absolute atomic E-state index is 0.00332. The number of unbranched alkanes of at least 4 members (excludes halogenated alkanes) is 4. The summed E-state index contributed by atoms with van der Waals surface area (Å²) < 4.78 is 5.60. The van der Waals surface area contributed by atoms with Crippen molar-refractivity contribution in [3.05, 3.63) is 29.6 Å². The molecule has 1 rings (SSSR count). The van der Waals surface area contributed by atoms with Gasteiger partial charge in [-0.05, 0) is 24.1 Å². The van der Waals surface area contributed by atoms with Crippen LogP contribution < -0.4 is 5.73 Å². The Balaban J connectivity index is 2.19. The maximum Gasteiger partial charge on any atom is 0.141 e. The van der Waals surface area contributed by atoms with Crippen LogP contribution in [0.2, 0.25) is 0 Å². The molecular weight excluding hydrogens is 226 g/mol. The van der Waals surface area contributed by atoms with E-state index in [2.05, 4.69) is 11.9 Å². The molecule has 0 aliphatic heterocycles. The monoisotopic (exact) mass is 249 g/mol. The molecule has 4 nitrogen and oxygen atoms in total. The molecule has 3 N–H and O–H groups in total. The number of nitrogens with zero attached hydrogens (tertiary/aromatic N) is 1. The van der Waals surface area contributed by atoms with Gasteiger partial charge in [-0.15, -0.1) is 0 Å². The van der Waals surface area contributed by atoms with Crippen LogP contribution in [0.15, 0.2) is 18.3 Å². The summed E-state index contributed by atoms with van der Waals surface area (Å²) in [5.74, 6) is -0.00332. The van der Waals surface area contributed by atoms with Crippen LogP contribution >= 0.6 is 0 Å². The summed E-state index contributed by atoms with van der Waals surface area (Å²) in [5.41, 5.74) is 6.92. The number of aromatic nitrogens is 1. The van der Waals surface area contributed by atoms with Crippen LogP contribution in [0.1, 0.15) is 50.3 Å². The number of hydrogen-bond acceptors (Lipinski definition) is 3. The fourth-order valence-electron chi connectivity index (χ4n) is 1.71. The largest absolute Gasteiger partial charge is 0.382 e. The van der Waals surface area contributed by atoms with Gasteiger partial charge in [0.25, 0.3) is 0 Å². The molecule has 0 aliphatic carbocycles. The summed E-state index contributed by atoms with van der Waals surface area (Å²) in [5, 5.41) is 7.31. The van der Waals surface area contributed by atoms with Crippen molar-refractivity contribution in [2.24, 2.45) is 5.73 Å². The zero-order chi connectivity index (χ0) is 13.2. The van der Waals surface area contributed by atoms with Gasteiger partial charge in [0, 0.05) is 12.8 Å². The molecule has 0 spiro atoms. The van der Waals surface area contributed by atoms with E-state index in [0.717, 1.165) is 18.6 Å². The Morgan fingerprint density at radius 3 is 2.83 bits per heavy atom. The molecule has 4 heteroatoms. The second kappa shape index (κ2) is 8.64. The molecule has 0 aromatic carbocycles. The third kappa shape index (κ3) is 5.77. The summed E-state index contributed by atoms with van der Waals surface area (Å²) in [4.78, 5) is 4.01. The topological polar surface area (TPSA) is 72.0 Å². The van der Waals surface area contributed by atoms with Gasteiger partial charge in [-0.1, -0.05) is 32.6 Å². The van der Waals surface area contributed by atoms with Crippen molar-refractivity contribution in [3.63, 3.8) is 0 Å². The zero-order valence-corrected chi connectivity index (χ0v) is 11.1. The smallest absolute Gasteiger partial charge is 0.141 e. The predicted molar refractivity (Wildman–Crippen MR) is 73.7 cm³/mol. The highest BCUT2D eigenvalue weighted by Gasteiger charge is 2.00. The normalized spacial score (nSPS) is 10.5. The third-order valence-electron chi connectivity index (χ3n) is 2.76. The summed E-state index contributed by atoms with van der Waals surface area (Å²) in [7, 11) is 0. The number of nitrogens with one attached hydrogen (secondary N) is 1. The highest BCUT2D eigenvalue weighted by molar-refractivity contribution is 5.93. The Hall–Kier alpha value is -1.42. The number of hydrogen-bond donors (Lipinski definition) is 2. The van der Waals surface area contributed by atoms with Crippen LogP contribution in [-0.4, -0.2) is 17.4 Å². The summed E-state index contributed by atoms with van der Waals surface area (Å²) in [6.45, 7) is 3.57. The average molecular weight is 249 g/mol. The number of nitrogens with two attached hydrogens (primary N) is 1. The second-order valence-corrected chi connectivity index (χ2v) is 4.43. The molecule has 0 fully saturated rings. The highest BCUT2D eigenvalue weighted by Crippen LogP contribution is 2.06. The van der Waals surface area contributed by atoms with Crippen molar-refractivity contribution in [1.29, 1.82) is 5.41 Å². The molecule has 0 unspecified atom stereocenters. The molecule has 0 saturated carbocycles. The number of amidine groups is 1. The van der Waals surface area contributed by atoms with Crippen molar-refractivity contribution in [1.82, 2.24) is 4.98 Å². The van der Waals surface area contributed by atoms with E-state index in [1.807, 2.05) is 6.07 Å². The molecule has 0 radical (unpaired) electrons. The molecule has 0 atom stereocenters. The SMILES string of the molecule is CCCCCCCOCc1ccnc(C(=N)N)c1. The van der Waals surface area contributed by atoms with Crippen LogP contribution in [0.5, 0.6) is 0 Å². The Labute approximate surface area is 109 Å². The van der Waals surface area contributed by atoms with Crippen LogP contribution in [0, 0.1) is 5.41 Å². The van der Waals surface area contributed by atoms with Gasteiger partial charge < -0.3 is 10.5 Å². The van der Waals surface area contributed by atoms with E-state index in [1.165, 1.54) is 25.7 Å². The van der Waals surface area contributed by atoms with E-state index in [9.17, 15) is 0 Å². The van der Waals surface area contributed by atoms with E-state index in [-0.39, 0.29) is 5.84 Å². The first-order chi connectivity index (χ1) is 8.74. The molecule has 0 saturated heterocycles. The number of rotatable bonds is 9. The first-order valence-electron chi connectivity index (χ1n) is 6.61. The molecule has 1 aromatic rings. The zero-order valence-electron chi connectivity index (χ0n) is 11.1. The molecule has 18 heavy (non-hydrogen) atoms. The Bertz CT molecular complexity index is 366. The molecular formula is C14H23N3O. The molecule has 1 aromatic heterocycles. The van der Waals surface area contributed by atoms with E-state index in [0.29, 0.717) is 12.3 Å². The molecule has 0 bridgehead atoms. The van der Waals surface area contributed by atoms with E-state index in [4.69, 9.17) is 15.9 Å². The minimum atomic E-state index is -0.00332. The maximum atomic E-state index is 7.31. The van der Waals surface area contributed by atoms with Gasteiger partial charge in [0.15, 0.2) is 0 Å². The van der Waals surface area contributed by atoms with Crippen molar-refractivity contribution in [2.45, 2.75) is 45.6 Å². The van der Waals surface area contributed by atoms with Gasteiger partial charge in [0.2, 0.25) is 0 Å². The lowest BCUT2D eigenvalue weighted by molar-refractivity contribution is 0.116. The Kier molecular flexibility index (Phi) is 7.03. The quantitative estimate of drug-likeness (QED) is 0.401. The standard InChI is InChI=1S/C14H23N3O/c1-2-3-4-5-6-9-18-11-12-7-8-17-13(10-12)14(15)16/h7-8,10H,2-6,9,11H2,1H3,(H3,15,16). The Morgan fingerprint density at radius 1 is 1.33 bits per heavy atom. The molecule has 0 aliphatic rings. The van der Waals surface area contributed by atoms with Crippen LogP contribution in [0.25, 0.3) is 0 Å². The van der Waals surface area contributed by atoms with Crippen LogP contribution in [0.4, 0.5) is 0 Å². The third-order valence-corrected chi connectivity index (χ3v) is 2.76. The van der Waals surface area contributed by atoms with Crippen molar-refractivity contribution < 1.29 is 4.74 Å². The van der Waals surface area contributed by atoms with Gasteiger partial charge in [0.1, 0.15) is 11.5 Å². The first-order valence-corrected chi connectivity index (χ1v) is 6.61. The lowest BCUT2D eigenvalue weighted by Crippen LogP contribution is -2.13. The van der Waals surface area contributed by atoms with Crippen LogP contribution in [-0.2, 0) is 11.3 Å². The fourth-order valence-corrected chi connectivity index (χ4v) is 1.71. The van der Waals surface area contributed by atoms with Crippen molar-refractivity contribution in [2.75, 3.05) is 6.61 Å². The average Bonchev–Trinajstić information content (AvgIpc) is 2.38. The summed E-state index contributed by atoms with van der Waals surface area (Å²) in [6, 6.07) is 3.70. The minimum Gasteiger partial charge on any atom is -0.382 e. The Morgan fingerprint density at radius 2 is 2.11 bits per heavy atom. The number of ether oxygens (including phenoxy) is 1. The predicted octanol–water partition coefficient (Wildman–Crippen LogP) is 2.85. The van der Waals surface area contributed by atoms with Gasteiger partial charge in [-0.25, -0.2) is 0 Å². The highest BCUT2D eigenvalue weighted by atomic mass is 16.5. The van der Waals surface area contributed by atoms with Gasteiger partial charge >= 0.3 is 0 Å². The molecule has 100 valence electrons. The van der Waals surface area contributed by atoms with Gasteiger partial charge in [-0.3, -0.25) is 10.4 Å². The maximum absolute atomic E-state index is 7.31. The summed E-state index contributed by atoms with van der Waals surface area (Å²) in [6.07, 6.45) is 7.89. The van der Waals surface area contributed by atoms with E-state index >= 15 is 0 Å². The van der Waals surface area contributed by atoms with Crippen molar-refractivity contribution in [3.8, 4) is 0 Å².